The Labute approximate surface area is 156 Å². The first-order valence-corrected chi connectivity index (χ1v) is 8.75. The molecule has 0 N–H and O–H groups in total. The molecule has 1 unspecified atom stereocenters. The Hall–Kier alpha value is -3.48. The van der Waals surface area contributed by atoms with Gasteiger partial charge in [0, 0.05) is 37.6 Å². The monoisotopic (exact) mass is 361 g/mol. The van der Waals surface area contributed by atoms with Gasteiger partial charge < -0.3 is 9.30 Å². The van der Waals surface area contributed by atoms with Crippen molar-refractivity contribution < 1.29 is 9.59 Å². The van der Waals surface area contributed by atoms with Crippen molar-refractivity contribution in [3.8, 4) is 0 Å². The topological polar surface area (TPSA) is 70.8 Å². The maximum absolute atomic E-state index is 13.3. The smallest absolute Gasteiger partial charge is 0.251 e. The summed E-state index contributed by atoms with van der Waals surface area (Å²) in [5, 5.41) is 0. The molecule has 7 nitrogen and oxygen atoms in total. The second kappa shape index (κ2) is 7.03. The summed E-state index contributed by atoms with van der Waals surface area (Å²) in [6.45, 7) is 4.37. The Kier molecular flexibility index (Phi) is 4.42. The van der Waals surface area contributed by atoms with Gasteiger partial charge in [0.2, 0.25) is 5.91 Å². The van der Waals surface area contributed by atoms with E-state index < -0.39 is 6.04 Å². The minimum absolute atomic E-state index is 0.162. The fourth-order valence-electron chi connectivity index (χ4n) is 3.36. The number of aromatic nitrogens is 3. The van der Waals surface area contributed by atoms with Gasteiger partial charge in [-0.15, -0.1) is 0 Å². The number of hydrogen-bond acceptors (Lipinski definition) is 4. The lowest BCUT2D eigenvalue weighted by Gasteiger charge is -2.39. The van der Waals surface area contributed by atoms with Crippen molar-refractivity contribution in [2.75, 3.05) is 18.0 Å². The summed E-state index contributed by atoms with van der Waals surface area (Å²) < 4.78 is 1.87. The minimum atomic E-state index is -0.635. The molecule has 3 aromatic rings. The van der Waals surface area contributed by atoms with E-state index in [2.05, 4.69) is 16.5 Å². The first-order chi connectivity index (χ1) is 13.2. The van der Waals surface area contributed by atoms with Gasteiger partial charge in [0.25, 0.3) is 5.91 Å². The van der Waals surface area contributed by atoms with Crippen LogP contribution in [0.4, 0.5) is 5.82 Å². The number of imidazole rings is 1. The largest absolute Gasteiger partial charge is 0.325 e. The fraction of sp³-hybridized carbons (Fsp3) is 0.200. The van der Waals surface area contributed by atoms with E-state index in [0.717, 1.165) is 11.3 Å². The van der Waals surface area contributed by atoms with Crippen LogP contribution in [0.15, 0.2) is 67.6 Å². The lowest BCUT2D eigenvalue weighted by molar-refractivity contribution is -0.138. The van der Waals surface area contributed by atoms with Crippen LogP contribution in [0.5, 0.6) is 0 Å². The molecule has 4 rings (SSSR count). The molecule has 1 atom stereocenters. The normalized spacial score (nSPS) is 17.3. The second-order valence-electron chi connectivity index (χ2n) is 6.33. The van der Waals surface area contributed by atoms with Crippen LogP contribution in [-0.2, 0) is 16.0 Å². The summed E-state index contributed by atoms with van der Waals surface area (Å²) in [7, 11) is 0. The number of nitrogens with zero attached hydrogens (tertiary/aromatic N) is 5. The summed E-state index contributed by atoms with van der Waals surface area (Å²) in [5.41, 5.74) is 1.53. The Morgan fingerprint density at radius 1 is 1.22 bits per heavy atom. The summed E-state index contributed by atoms with van der Waals surface area (Å²) in [6, 6.07) is 10.6. The molecule has 3 aromatic heterocycles. The molecule has 0 saturated carbocycles. The molecule has 1 fully saturated rings. The molecule has 27 heavy (non-hydrogen) atoms. The molecular formula is C20H19N5O2. The van der Waals surface area contributed by atoms with Gasteiger partial charge in [0.05, 0.1) is 6.20 Å². The van der Waals surface area contributed by atoms with E-state index in [9.17, 15) is 9.59 Å². The van der Waals surface area contributed by atoms with Crippen LogP contribution in [-0.4, -0.2) is 50.2 Å². The Morgan fingerprint density at radius 3 is 2.81 bits per heavy atom. The van der Waals surface area contributed by atoms with Gasteiger partial charge in [-0.2, -0.15) is 0 Å². The van der Waals surface area contributed by atoms with Gasteiger partial charge in [0.15, 0.2) is 5.82 Å². The average Bonchev–Trinajstić information content (AvgIpc) is 3.13. The SMILES string of the molecule is C=CC(=O)N1CCN(c2cn3ccccc3n2)C(=O)C1Cc1ccccn1. The molecule has 0 radical (unpaired) electrons. The lowest BCUT2D eigenvalue weighted by Crippen LogP contribution is -2.59. The zero-order valence-corrected chi connectivity index (χ0v) is 14.7. The predicted molar refractivity (Wildman–Crippen MR) is 101 cm³/mol. The highest BCUT2D eigenvalue weighted by Gasteiger charge is 2.38. The number of rotatable bonds is 4. The van der Waals surface area contributed by atoms with Crippen LogP contribution in [0.1, 0.15) is 5.69 Å². The number of piperazine rings is 1. The molecule has 7 heteroatoms. The number of amides is 2. The van der Waals surface area contributed by atoms with Gasteiger partial charge in [-0.05, 0) is 30.3 Å². The first kappa shape index (κ1) is 17.0. The molecule has 1 aliphatic heterocycles. The molecule has 4 heterocycles. The van der Waals surface area contributed by atoms with E-state index in [1.165, 1.54) is 6.08 Å². The van der Waals surface area contributed by atoms with E-state index in [4.69, 9.17) is 0 Å². The van der Waals surface area contributed by atoms with Crippen LogP contribution in [0.25, 0.3) is 5.65 Å². The van der Waals surface area contributed by atoms with Crippen molar-refractivity contribution >= 4 is 23.3 Å². The van der Waals surface area contributed by atoms with Gasteiger partial charge in [-0.3, -0.25) is 19.5 Å². The maximum atomic E-state index is 13.3. The van der Waals surface area contributed by atoms with Crippen molar-refractivity contribution in [3.05, 3.63) is 73.3 Å². The average molecular weight is 361 g/mol. The highest BCUT2D eigenvalue weighted by molar-refractivity contribution is 6.01. The number of carbonyl (C=O) groups is 2. The molecule has 136 valence electrons. The van der Waals surface area contributed by atoms with Crippen LogP contribution in [0.3, 0.4) is 0 Å². The molecular weight excluding hydrogens is 342 g/mol. The number of hydrogen-bond donors (Lipinski definition) is 0. The summed E-state index contributed by atoms with van der Waals surface area (Å²) >= 11 is 0. The zero-order chi connectivity index (χ0) is 18.8. The van der Waals surface area contributed by atoms with Gasteiger partial charge in [-0.1, -0.05) is 18.7 Å². The van der Waals surface area contributed by atoms with Crippen LogP contribution in [0, 0.1) is 0 Å². The van der Waals surface area contributed by atoms with Gasteiger partial charge >= 0.3 is 0 Å². The summed E-state index contributed by atoms with van der Waals surface area (Å²) in [6.07, 6.45) is 7.00. The molecule has 2 amide bonds. The number of fused-ring (bicyclic) bond motifs is 1. The molecule has 0 bridgehead atoms. The lowest BCUT2D eigenvalue weighted by atomic mass is 10.0. The van der Waals surface area contributed by atoms with Gasteiger partial charge in [-0.25, -0.2) is 4.98 Å². The molecule has 1 saturated heterocycles. The molecule has 1 aliphatic rings. The van der Waals surface area contributed by atoms with E-state index in [1.54, 1.807) is 16.0 Å². The second-order valence-corrected chi connectivity index (χ2v) is 6.33. The summed E-state index contributed by atoms with van der Waals surface area (Å²) in [5.74, 6) is 0.173. The van der Waals surface area contributed by atoms with E-state index in [-0.39, 0.29) is 11.8 Å². The van der Waals surface area contributed by atoms with E-state index in [1.807, 2.05) is 53.2 Å². The standard InChI is InChI=1S/C20H19N5O2/c1-2-19(26)24-11-12-25(18-14-23-10-6-4-8-17(23)22-18)20(27)16(24)13-15-7-3-5-9-21-15/h2-10,14,16H,1,11-13H2. The maximum Gasteiger partial charge on any atom is 0.251 e. The van der Waals surface area contributed by atoms with Crippen LogP contribution >= 0.6 is 0 Å². The van der Waals surface area contributed by atoms with Crippen LogP contribution in [0.2, 0.25) is 0 Å². The Bertz CT molecular complexity index is 965. The molecule has 0 spiro atoms. The van der Waals surface area contributed by atoms with Gasteiger partial charge in [0.1, 0.15) is 11.7 Å². The van der Waals surface area contributed by atoms with Crippen molar-refractivity contribution in [2.24, 2.45) is 0 Å². The van der Waals surface area contributed by atoms with E-state index >= 15 is 0 Å². The van der Waals surface area contributed by atoms with E-state index in [0.29, 0.717) is 25.3 Å². The van der Waals surface area contributed by atoms with Crippen molar-refractivity contribution in [1.82, 2.24) is 19.3 Å². The molecule has 0 aliphatic carbocycles. The minimum Gasteiger partial charge on any atom is -0.325 e. The molecule has 0 aromatic carbocycles. The van der Waals surface area contributed by atoms with Crippen molar-refractivity contribution in [1.29, 1.82) is 0 Å². The van der Waals surface area contributed by atoms with Crippen molar-refractivity contribution in [2.45, 2.75) is 12.5 Å². The number of carbonyl (C=O) groups excluding carboxylic acids is 2. The fourth-order valence-corrected chi connectivity index (χ4v) is 3.36. The Balaban J connectivity index is 1.66. The van der Waals surface area contributed by atoms with Crippen molar-refractivity contribution in [3.63, 3.8) is 0 Å². The first-order valence-electron chi connectivity index (χ1n) is 8.75. The quantitative estimate of drug-likeness (QED) is 0.663. The summed E-state index contributed by atoms with van der Waals surface area (Å²) in [4.78, 5) is 37.6. The number of pyridine rings is 2. The third-order valence-electron chi connectivity index (χ3n) is 4.71. The zero-order valence-electron chi connectivity index (χ0n) is 14.7. The highest BCUT2D eigenvalue weighted by atomic mass is 16.2. The number of anilines is 1. The third kappa shape index (κ3) is 3.19. The highest BCUT2D eigenvalue weighted by Crippen LogP contribution is 2.22. The Morgan fingerprint density at radius 2 is 2.07 bits per heavy atom. The predicted octanol–water partition coefficient (Wildman–Crippen LogP) is 1.70. The third-order valence-corrected chi connectivity index (χ3v) is 4.71. The van der Waals surface area contributed by atoms with Crippen LogP contribution < -0.4 is 4.90 Å².